The predicted molar refractivity (Wildman–Crippen MR) is 151 cm³/mol. The maximum absolute atomic E-state index is 12.5. The molecule has 5 N–H and O–H groups in total. The van der Waals surface area contributed by atoms with Crippen molar-refractivity contribution in [3.63, 3.8) is 0 Å². The number of carbonyl (C=O) groups is 2. The zero-order chi connectivity index (χ0) is 26.9. The van der Waals surface area contributed by atoms with Gasteiger partial charge in [-0.05, 0) is 42.3 Å². The van der Waals surface area contributed by atoms with Crippen molar-refractivity contribution in [3.05, 3.63) is 83.4 Å². The molecule has 0 aromatic heterocycles. The van der Waals surface area contributed by atoms with Gasteiger partial charge in [-0.1, -0.05) is 37.8 Å². The number of rotatable bonds is 10. The van der Waals surface area contributed by atoms with Crippen LogP contribution in [-0.2, 0) is 11.3 Å². The second-order valence-electron chi connectivity index (χ2n) is 8.94. The van der Waals surface area contributed by atoms with E-state index in [0.717, 1.165) is 26.1 Å². The van der Waals surface area contributed by atoms with Crippen LogP contribution in [0.15, 0.2) is 71.8 Å². The van der Waals surface area contributed by atoms with Crippen molar-refractivity contribution in [3.8, 4) is 17.2 Å². The lowest BCUT2D eigenvalue weighted by Gasteiger charge is -2.17. The highest BCUT2D eigenvalue weighted by Crippen LogP contribution is 2.24. The molecule has 0 radical (unpaired) electrons. The molecule has 1 saturated heterocycles. The molecule has 0 saturated carbocycles. The smallest absolute Gasteiger partial charge is 0.271 e. The molecule has 39 heavy (non-hydrogen) atoms. The number of methoxy groups -OCH3 is 1. The Bertz CT molecular complexity index is 1300. The maximum Gasteiger partial charge on any atom is 0.271 e. The van der Waals surface area contributed by atoms with Gasteiger partial charge in [0.05, 0.1) is 19.0 Å². The molecular weight excluding hydrogens is 498 g/mol. The van der Waals surface area contributed by atoms with Crippen LogP contribution < -0.4 is 25.9 Å². The number of phenols is 1. The van der Waals surface area contributed by atoms with Crippen molar-refractivity contribution in [2.24, 2.45) is 5.10 Å². The van der Waals surface area contributed by atoms with Crippen molar-refractivity contribution in [2.45, 2.75) is 26.4 Å². The van der Waals surface area contributed by atoms with E-state index in [0.29, 0.717) is 17.1 Å². The highest BCUT2D eigenvalue weighted by Gasteiger charge is 2.24. The Morgan fingerprint density at radius 2 is 1.95 bits per heavy atom. The Hall–Kier alpha value is -4.57. The number of nitrogens with one attached hydrogen (secondary N) is 2. The summed E-state index contributed by atoms with van der Waals surface area (Å²) in [6, 6.07) is 19.6. The van der Waals surface area contributed by atoms with Crippen molar-refractivity contribution >= 4 is 23.7 Å². The van der Waals surface area contributed by atoms with Gasteiger partial charge < -0.3 is 25.6 Å². The fourth-order valence-corrected chi connectivity index (χ4v) is 4.16. The van der Waals surface area contributed by atoms with Crippen LogP contribution in [0.4, 0.5) is 5.69 Å². The average Bonchev–Trinajstić information content (AvgIpc) is 3.36. The molecule has 4 rings (SSSR count). The number of nitrogens with two attached hydrogens (primary N) is 1. The van der Waals surface area contributed by atoms with Crippen LogP contribution >= 0.6 is 0 Å². The minimum absolute atomic E-state index is 0. The van der Waals surface area contributed by atoms with E-state index >= 15 is 0 Å². The number of likely N-dealkylation sites (tertiary alicyclic amines) is 1. The van der Waals surface area contributed by atoms with Crippen molar-refractivity contribution in [1.29, 1.82) is 0 Å². The van der Waals surface area contributed by atoms with Crippen LogP contribution in [0, 0.1) is 0 Å². The number of nitrogen functional groups attached to an aromatic ring is 1. The summed E-state index contributed by atoms with van der Waals surface area (Å²) < 4.78 is 11.1. The second-order valence-corrected chi connectivity index (χ2v) is 8.94. The summed E-state index contributed by atoms with van der Waals surface area (Å²) in [5.74, 6) is 0.165. The third-order valence-corrected chi connectivity index (χ3v) is 6.12. The molecule has 206 valence electrons. The molecule has 10 nitrogen and oxygen atoms in total. The number of aromatic hydroxyl groups is 1. The predicted octanol–water partition coefficient (Wildman–Crippen LogP) is 3.15. The first-order valence-corrected chi connectivity index (χ1v) is 12.2. The molecule has 2 amide bonds. The second kappa shape index (κ2) is 13.8. The van der Waals surface area contributed by atoms with Gasteiger partial charge >= 0.3 is 0 Å². The summed E-state index contributed by atoms with van der Waals surface area (Å²) in [6.07, 6.45) is 2.33. The molecular formula is C29H35N5O5. The molecule has 0 aliphatic carbocycles. The summed E-state index contributed by atoms with van der Waals surface area (Å²) in [5, 5.41) is 16.5. The number of hydrogen-bond donors (Lipinski definition) is 4. The molecule has 1 aliphatic rings. The van der Waals surface area contributed by atoms with E-state index in [1.807, 2.05) is 18.2 Å². The van der Waals surface area contributed by atoms with Crippen LogP contribution in [-0.4, -0.2) is 60.9 Å². The van der Waals surface area contributed by atoms with Gasteiger partial charge in [-0.15, -0.1) is 0 Å². The van der Waals surface area contributed by atoms with Crippen LogP contribution in [0.1, 0.15) is 35.3 Å². The summed E-state index contributed by atoms with van der Waals surface area (Å²) in [7, 11) is 1.50. The molecule has 3 aromatic carbocycles. The van der Waals surface area contributed by atoms with Crippen LogP contribution in [0.3, 0.4) is 0 Å². The Balaban J connectivity index is 0.00000420. The minimum atomic E-state index is -0.483. The Morgan fingerprint density at radius 1 is 1.15 bits per heavy atom. The topological polar surface area (TPSA) is 139 Å². The molecule has 1 heterocycles. The first-order valence-electron chi connectivity index (χ1n) is 12.2. The first kappa shape index (κ1) is 29.0. The molecule has 0 bridgehead atoms. The summed E-state index contributed by atoms with van der Waals surface area (Å²) in [6.45, 7) is 2.50. The van der Waals surface area contributed by atoms with E-state index in [1.165, 1.54) is 37.1 Å². The fourth-order valence-electron chi connectivity index (χ4n) is 4.16. The molecule has 1 aliphatic heterocycles. The SMILES string of the molecule is C.COc1cc(OCC(=O)NC2CCN(Cc3ccccc3)C2)ccc1/C=N/NC(=O)c1ccc(O)c(N)c1. The lowest BCUT2D eigenvalue weighted by atomic mass is 10.2. The van der Waals surface area contributed by atoms with Gasteiger partial charge in [0.15, 0.2) is 6.61 Å². The van der Waals surface area contributed by atoms with Gasteiger partial charge in [-0.25, -0.2) is 5.43 Å². The lowest BCUT2D eigenvalue weighted by molar-refractivity contribution is -0.123. The molecule has 1 fully saturated rings. The molecule has 3 aromatic rings. The van der Waals surface area contributed by atoms with E-state index in [-0.39, 0.29) is 43.0 Å². The van der Waals surface area contributed by atoms with Gasteiger partial charge in [0, 0.05) is 42.9 Å². The Labute approximate surface area is 228 Å². The summed E-state index contributed by atoms with van der Waals surface area (Å²) in [4.78, 5) is 27.0. The average molecular weight is 534 g/mol. The van der Waals surface area contributed by atoms with Crippen molar-refractivity contribution in [1.82, 2.24) is 15.6 Å². The number of hydrazone groups is 1. The number of anilines is 1. The number of benzene rings is 3. The largest absolute Gasteiger partial charge is 0.506 e. The standard InChI is InChI=1S/C28H31N5O5.CH4/c1-37-26-14-23(9-7-21(26)15-30-32-28(36)20-8-10-25(34)24(29)13-20)38-18-27(35)31-22-11-12-33(17-22)16-19-5-3-2-4-6-19;/h2-10,13-15,22,34H,11-12,16-18,29H2,1H3,(H,31,35)(H,32,36);1H4/b30-15+;. The minimum Gasteiger partial charge on any atom is -0.506 e. The zero-order valence-electron chi connectivity index (χ0n) is 21.1. The lowest BCUT2D eigenvalue weighted by Crippen LogP contribution is -2.39. The highest BCUT2D eigenvalue weighted by atomic mass is 16.5. The highest BCUT2D eigenvalue weighted by molar-refractivity contribution is 5.96. The van der Waals surface area contributed by atoms with Crippen LogP contribution in [0.25, 0.3) is 0 Å². The number of nitrogens with zero attached hydrogens (tertiary/aromatic N) is 2. The van der Waals surface area contributed by atoms with Crippen LogP contribution in [0.5, 0.6) is 17.2 Å². The number of phenolic OH excluding ortho intramolecular Hbond substituents is 1. The van der Waals surface area contributed by atoms with E-state index in [9.17, 15) is 14.7 Å². The van der Waals surface area contributed by atoms with Gasteiger partial charge in [0.1, 0.15) is 17.2 Å². The van der Waals surface area contributed by atoms with Gasteiger partial charge in [-0.2, -0.15) is 5.10 Å². The van der Waals surface area contributed by atoms with Crippen LogP contribution in [0.2, 0.25) is 0 Å². The van der Waals surface area contributed by atoms with Gasteiger partial charge in [-0.3, -0.25) is 14.5 Å². The molecule has 1 atom stereocenters. The molecule has 0 spiro atoms. The summed E-state index contributed by atoms with van der Waals surface area (Å²) in [5.41, 5.74) is 10.2. The monoisotopic (exact) mass is 533 g/mol. The third kappa shape index (κ3) is 8.21. The van der Waals surface area contributed by atoms with E-state index in [2.05, 4.69) is 32.9 Å². The molecule has 10 heteroatoms. The van der Waals surface area contributed by atoms with Crippen molar-refractivity contribution in [2.75, 3.05) is 32.5 Å². The number of carbonyl (C=O) groups excluding carboxylic acids is 2. The normalized spacial score (nSPS) is 14.9. The third-order valence-electron chi connectivity index (χ3n) is 6.12. The van der Waals surface area contributed by atoms with Gasteiger partial charge in [0.2, 0.25) is 0 Å². The quantitative estimate of drug-likeness (QED) is 0.136. The van der Waals surface area contributed by atoms with E-state index < -0.39 is 5.91 Å². The van der Waals surface area contributed by atoms with E-state index in [1.54, 1.807) is 18.2 Å². The van der Waals surface area contributed by atoms with Crippen molar-refractivity contribution < 1.29 is 24.2 Å². The Morgan fingerprint density at radius 3 is 2.69 bits per heavy atom. The number of ether oxygens (including phenoxy) is 2. The molecule has 1 unspecified atom stereocenters. The summed E-state index contributed by atoms with van der Waals surface area (Å²) >= 11 is 0. The zero-order valence-corrected chi connectivity index (χ0v) is 21.1. The maximum atomic E-state index is 12.5. The Kier molecular flexibility index (Phi) is 10.3. The first-order chi connectivity index (χ1) is 18.4. The van der Waals surface area contributed by atoms with E-state index in [4.69, 9.17) is 15.2 Å². The van der Waals surface area contributed by atoms with Gasteiger partial charge in [0.25, 0.3) is 11.8 Å². The number of hydrogen-bond acceptors (Lipinski definition) is 8. The number of amides is 2. The fraction of sp³-hybridized carbons (Fsp3) is 0.276.